The van der Waals surface area contributed by atoms with E-state index < -0.39 is 0 Å². The van der Waals surface area contributed by atoms with Gasteiger partial charge in [-0.1, -0.05) is 0 Å². The first-order valence-corrected chi connectivity index (χ1v) is 9.18. The molecule has 1 spiro atoms. The lowest BCUT2D eigenvalue weighted by molar-refractivity contribution is -0.145. The van der Waals surface area contributed by atoms with Crippen LogP contribution in [0, 0.1) is 19.3 Å². The number of hydrogen-bond donors (Lipinski definition) is 2. The molecule has 2 aliphatic rings. The minimum absolute atomic E-state index is 0.00630. The molecule has 3 heterocycles. The molecule has 7 nitrogen and oxygen atoms in total. The van der Waals surface area contributed by atoms with Crippen LogP contribution in [0.25, 0.3) is 5.82 Å². The van der Waals surface area contributed by atoms with Gasteiger partial charge in [0, 0.05) is 55.4 Å². The minimum atomic E-state index is -0.349. The Kier molecular flexibility index (Phi) is 4.16. The standard InChI is InChI=1S/C19H26N4O3/c1-12-10-14(13(2)23(12)17-4-7-22(3)21-17)18(25)20-15-11-16(24)19(15)5-8-26-9-6-19/h4,7,10,15-16,24H,5-6,8-9,11H2,1-3H3,(H,20,25)/t15-,16-/m1/s1. The average molecular weight is 358 g/mol. The van der Waals surface area contributed by atoms with E-state index in [1.807, 2.05) is 43.8 Å². The third-order valence-electron chi connectivity index (χ3n) is 6.15. The molecule has 0 unspecified atom stereocenters. The summed E-state index contributed by atoms with van der Waals surface area (Å²) in [4.78, 5) is 12.9. The maximum atomic E-state index is 12.9. The van der Waals surface area contributed by atoms with Crippen LogP contribution in [0.2, 0.25) is 0 Å². The second kappa shape index (κ2) is 6.25. The van der Waals surface area contributed by atoms with Gasteiger partial charge in [0.1, 0.15) is 0 Å². The summed E-state index contributed by atoms with van der Waals surface area (Å²) in [6.45, 7) is 5.22. The van der Waals surface area contributed by atoms with Crippen molar-refractivity contribution in [2.45, 2.75) is 45.3 Å². The van der Waals surface area contributed by atoms with Gasteiger partial charge in [-0.3, -0.25) is 9.48 Å². The molecule has 1 saturated heterocycles. The zero-order valence-corrected chi connectivity index (χ0v) is 15.5. The van der Waals surface area contributed by atoms with Crippen LogP contribution in [0.3, 0.4) is 0 Å². The van der Waals surface area contributed by atoms with E-state index in [9.17, 15) is 9.90 Å². The Hall–Kier alpha value is -2.12. The maximum Gasteiger partial charge on any atom is 0.253 e. The Morgan fingerprint density at radius 3 is 2.73 bits per heavy atom. The summed E-state index contributed by atoms with van der Waals surface area (Å²) in [5, 5.41) is 17.9. The number of ether oxygens (including phenoxy) is 1. The van der Waals surface area contributed by atoms with Gasteiger partial charge in [0.2, 0.25) is 0 Å². The number of aromatic nitrogens is 3. The first-order valence-electron chi connectivity index (χ1n) is 9.18. The molecule has 1 amide bonds. The lowest BCUT2D eigenvalue weighted by Gasteiger charge is -2.55. The van der Waals surface area contributed by atoms with Gasteiger partial charge in [0.25, 0.3) is 5.91 Å². The molecule has 1 saturated carbocycles. The molecule has 1 aliphatic heterocycles. The average Bonchev–Trinajstić information content (AvgIpc) is 3.18. The Morgan fingerprint density at radius 2 is 2.12 bits per heavy atom. The zero-order chi connectivity index (χ0) is 18.5. The van der Waals surface area contributed by atoms with Gasteiger partial charge in [-0.05, 0) is 39.2 Å². The van der Waals surface area contributed by atoms with E-state index in [0.717, 1.165) is 30.0 Å². The molecule has 0 aromatic carbocycles. The Labute approximate surface area is 153 Å². The normalized spacial score (nSPS) is 24.5. The van der Waals surface area contributed by atoms with Crippen LogP contribution in [0.15, 0.2) is 18.3 Å². The van der Waals surface area contributed by atoms with Gasteiger partial charge < -0.3 is 19.7 Å². The van der Waals surface area contributed by atoms with Crippen molar-refractivity contribution in [2.24, 2.45) is 12.5 Å². The lowest BCUT2D eigenvalue weighted by Crippen LogP contribution is -2.65. The van der Waals surface area contributed by atoms with Gasteiger partial charge >= 0.3 is 0 Å². The van der Waals surface area contributed by atoms with Crippen molar-refractivity contribution < 1.29 is 14.6 Å². The number of nitrogens with one attached hydrogen (secondary N) is 1. The zero-order valence-electron chi connectivity index (χ0n) is 15.5. The first kappa shape index (κ1) is 17.3. The second-order valence-electron chi connectivity index (χ2n) is 7.59. The van der Waals surface area contributed by atoms with E-state index in [1.165, 1.54) is 0 Å². The van der Waals surface area contributed by atoms with E-state index in [2.05, 4.69) is 10.4 Å². The van der Waals surface area contributed by atoms with Gasteiger partial charge in [0.15, 0.2) is 5.82 Å². The molecule has 0 bridgehead atoms. The molecule has 1 aliphatic carbocycles. The first-order chi connectivity index (χ1) is 12.4. The van der Waals surface area contributed by atoms with E-state index in [-0.39, 0.29) is 23.5 Å². The number of aryl methyl sites for hydroxylation is 2. The number of amides is 1. The number of carbonyl (C=O) groups is 1. The van der Waals surface area contributed by atoms with E-state index in [4.69, 9.17) is 4.74 Å². The molecule has 2 fully saturated rings. The quantitative estimate of drug-likeness (QED) is 0.871. The Bertz CT molecular complexity index is 832. The molecule has 7 heteroatoms. The highest BCUT2D eigenvalue weighted by atomic mass is 16.5. The number of carbonyl (C=O) groups excluding carboxylic acids is 1. The summed E-state index contributed by atoms with van der Waals surface area (Å²) in [5.41, 5.74) is 2.29. The molecule has 2 aromatic heterocycles. The summed E-state index contributed by atoms with van der Waals surface area (Å²) < 4.78 is 9.18. The highest BCUT2D eigenvalue weighted by molar-refractivity contribution is 5.96. The fraction of sp³-hybridized carbons (Fsp3) is 0.579. The third kappa shape index (κ3) is 2.57. The molecule has 4 rings (SSSR count). The Balaban J connectivity index is 1.56. The van der Waals surface area contributed by atoms with Crippen LogP contribution in [0.5, 0.6) is 0 Å². The predicted octanol–water partition coefficient (Wildman–Crippen LogP) is 1.49. The van der Waals surface area contributed by atoms with Crippen molar-refractivity contribution >= 4 is 5.91 Å². The minimum Gasteiger partial charge on any atom is -0.392 e. The van der Waals surface area contributed by atoms with Gasteiger partial charge in [0.05, 0.1) is 11.7 Å². The fourth-order valence-corrected chi connectivity index (χ4v) is 4.50. The van der Waals surface area contributed by atoms with Crippen molar-refractivity contribution in [3.8, 4) is 5.82 Å². The van der Waals surface area contributed by atoms with Crippen molar-refractivity contribution in [1.29, 1.82) is 0 Å². The van der Waals surface area contributed by atoms with Crippen LogP contribution < -0.4 is 5.32 Å². The highest BCUT2D eigenvalue weighted by Crippen LogP contribution is 2.49. The summed E-state index contributed by atoms with van der Waals surface area (Å²) >= 11 is 0. The van der Waals surface area contributed by atoms with Gasteiger partial charge in [-0.25, -0.2) is 0 Å². The Morgan fingerprint density at radius 1 is 1.38 bits per heavy atom. The van der Waals surface area contributed by atoms with E-state index >= 15 is 0 Å². The maximum absolute atomic E-state index is 12.9. The van der Waals surface area contributed by atoms with Crippen molar-refractivity contribution in [2.75, 3.05) is 13.2 Å². The molecular formula is C19H26N4O3. The van der Waals surface area contributed by atoms with Crippen molar-refractivity contribution in [1.82, 2.24) is 19.7 Å². The van der Waals surface area contributed by atoms with Crippen LogP contribution in [0.4, 0.5) is 0 Å². The predicted molar refractivity (Wildman–Crippen MR) is 96.4 cm³/mol. The number of rotatable bonds is 3. The summed E-state index contributed by atoms with van der Waals surface area (Å²) in [6.07, 6.45) is 3.75. The number of aliphatic hydroxyl groups is 1. The largest absolute Gasteiger partial charge is 0.392 e. The van der Waals surface area contributed by atoms with E-state index in [1.54, 1.807) is 4.68 Å². The molecule has 2 aromatic rings. The summed E-state index contributed by atoms with van der Waals surface area (Å²) in [5.74, 6) is 0.726. The van der Waals surface area contributed by atoms with Crippen LogP contribution >= 0.6 is 0 Å². The fourth-order valence-electron chi connectivity index (χ4n) is 4.50. The summed E-state index contributed by atoms with van der Waals surface area (Å²) in [6, 6.07) is 3.85. The lowest BCUT2D eigenvalue weighted by atomic mass is 9.58. The molecule has 2 atom stereocenters. The topological polar surface area (TPSA) is 81.3 Å². The van der Waals surface area contributed by atoms with Crippen LogP contribution in [-0.4, -0.2) is 50.7 Å². The number of nitrogens with zero attached hydrogens (tertiary/aromatic N) is 3. The number of hydrogen-bond acceptors (Lipinski definition) is 4. The molecule has 140 valence electrons. The number of aliphatic hydroxyl groups excluding tert-OH is 1. The molecule has 0 radical (unpaired) electrons. The second-order valence-corrected chi connectivity index (χ2v) is 7.59. The highest BCUT2D eigenvalue weighted by Gasteiger charge is 2.55. The third-order valence-corrected chi connectivity index (χ3v) is 6.15. The monoisotopic (exact) mass is 358 g/mol. The van der Waals surface area contributed by atoms with Gasteiger partial charge in [-0.2, -0.15) is 5.10 Å². The van der Waals surface area contributed by atoms with Gasteiger partial charge in [-0.15, -0.1) is 0 Å². The molecule has 26 heavy (non-hydrogen) atoms. The van der Waals surface area contributed by atoms with Crippen molar-refractivity contribution in [3.63, 3.8) is 0 Å². The van der Waals surface area contributed by atoms with Crippen LogP contribution in [-0.2, 0) is 11.8 Å². The van der Waals surface area contributed by atoms with Crippen LogP contribution in [0.1, 0.15) is 41.0 Å². The molecular weight excluding hydrogens is 332 g/mol. The van der Waals surface area contributed by atoms with Crippen molar-refractivity contribution in [3.05, 3.63) is 35.3 Å². The summed E-state index contributed by atoms with van der Waals surface area (Å²) in [7, 11) is 1.88. The smallest absolute Gasteiger partial charge is 0.253 e. The van der Waals surface area contributed by atoms with E-state index in [0.29, 0.717) is 25.2 Å². The SMILES string of the molecule is Cc1cc(C(=O)N[C@@H]2C[C@@H](O)C23CCOCC3)c(C)n1-c1ccn(C)n1. The molecule has 2 N–H and O–H groups in total.